The highest BCUT2D eigenvalue weighted by atomic mass is 79.9. The number of hydrogen-bond acceptors (Lipinski definition) is 3. The first-order valence-electron chi connectivity index (χ1n) is 6.07. The quantitative estimate of drug-likeness (QED) is 0.453. The number of rotatable bonds is 6. The Bertz CT molecular complexity index is 421. The van der Waals surface area contributed by atoms with E-state index >= 15 is 0 Å². The summed E-state index contributed by atoms with van der Waals surface area (Å²) in [7, 11) is 0. The molecule has 1 aromatic carbocycles. The third-order valence-electron chi connectivity index (χ3n) is 2.70. The number of nitrogens with zero attached hydrogens (tertiary/aromatic N) is 2. The van der Waals surface area contributed by atoms with E-state index in [1.54, 1.807) is 6.07 Å². The van der Waals surface area contributed by atoms with Gasteiger partial charge in [-0.25, -0.2) is 0 Å². The van der Waals surface area contributed by atoms with Gasteiger partial charge in [0.2, 0.25) is 0 Å². The summed E-state index contributed by atoms with van der Waals surface area (Å²) >= 11 is 3.32. The van der Waals surface area contributed by atoms with E-state index in [-0.39, 0.29) is 10.6 Å². The van der Waals surface area contributed by atoms with E-state index in [9.17, 15) is 10.1 Å². The summed E-state index contributed by atoms with van der Waals surface area (Å²) < 4.78 is 0. The van der Waals surface area contributed by atoms with Gasteiger partial charge in [-0.15, -0.1) is 0 Å². The Morgan fingerprint density at radius 1 is 1.44 bits per heavy atom. The topological polar surface area (TPSA) is 46.4 Å². The molecule has 0 bridgehead atoms. The predicted octanol–water partition coefficient (Wildman–Crippen LogP) is 3.97. The van der Waals surface area contributed by atoms with Crippen molar-refractivity contribution in [2.75, 3.05) is 18.0 Å². The van der Waals surface area contributed by atoms with Crippen LogP contribution in [0, 0.1) is 16.0 Å². The Morgan fingerprint density at radius 3 is 2.56 bits per heavy atom. The number of alkyl halides is 1. The summed E-state index contributed by atoms with van der Waals surface area (Å²) in [5.74, 6) is 0.473. The third-order valence-corrected chi connectivity index (χ3v) is 3.35. The maximum Gasteiger partial charge on any atom is 0.292 e. The van der Waals surface area contributed by atoms with E-state index in [1.807, 2.05) is 19.1 Å². The number of anilines is 1. The average Bonchev–Trinajstić information content (AvgIpc) is 2.34. The molecular weight excluding hydrogens is 296 g/mol. The zero-order valence-corrected chi connectivity index (χ0v) is 12.6. The predicted molar refractivity (Wildman–Crippen MR) is 78.5 cm³/mol. The summed E-state index contributed by atoms with van der Waals surface area (Å²) in [4.78, 5) is 12.9. The first-order valence-corrected chi connectivity index (χ1v) is 7.20. The molecule has 18 heavy (non-hydrogen) atoms. The van der Waals surface area contributed by atoms with Crippen LogP contribution in [0.15, 0.2) is 18.2 Å². The summed E-state index contributed by atoms with van der Waals surface area (Å²) in [5.41, 5.74) is 1.82. The lowest BCUT2D eigenvalue weighted by Gasteiger charge is -2.25. The number of hydrogen-bond donors (Lipinski definition) is 0. The second-order valence-corrected chi connectivity index (χ2v) is 5.21. The van der Waals surface area contributed by atoms with Crippen molar-refractivity contribution in [3.8, 4) is 0 Å². The Hall–Kier alpha value is -1.10. The van der Waals surface area contributed by atoms with Crippen molar-refractivity contribution in [3.63, 3.8) is 0 Å². The summed E-state index contributed by atoms with van der Waals surface area (Å²) in [6.45, 7) is 7.84. The molecule has 0 saturated carbocycles. The zero-order valence-electron chi connectivity index (χ0n) is 11.0. The second kappa shape index (κ2) is 6.73. The summed E-state index contributed by atoms with van der Waals surface area (Å²) in [6.07, 6.45) is 0. The largest absolute Gasteiger partial charge is 0.366 e. The number of halogens is 1. The Morgan fingerprint density at radius 2 is 2.11 bits per heavy atom. The van der Waals surface area contributed by atoms with Gasteiger partial charge in [-0.05, 0) is 24.5 Å². The zero-order chi connectivity index (χ0) is 13.7. The highest BCUT2D eigenvalue weighted by Gasteiger charge is 2.19. The Labute approximate surface area is 116 Å². The van der Waals surface area contributed by atoms with Crippen molar-refractivity contribution in [1.29, 1.82) is 0 Å². The van der Waals surface area contributed by atoms with Crippen LogP contribution in [0.1, 0.15) is 26.3 Å². The highest BCUT2D eigenvalue weighted by molar-refractivity contribution is 9.08. The molecular formula is C13H19BrN2O2. The lowest BCUT2D eigenvalue weighted by atomic mass is 10.1. The van der Waals surface area contributed by atoms with Gasteiger partial charge in [0.15, 0.2) is 0 Å². The van der Waals surface area contributed by atoms with Crippen molar-refractivity contribution >= 4 is 27.3 Å². The fourth-order valence-electron chi connectivity index (χ4n) is 1.90. The molecule has 100 valence electrons. The minimum atomic E-state index is -0.301. The SMILES string of the molecule is CCN(CC(C)C)c1ccc(CBr)cc1[N+](=O)[O-]. The lowest BCUT2D eigenvalue weighted by molar-refractivity contribution is -0.384. The van der Waals surface area contributed by atoms with Crippen LogP contribution in [0.4, 0.5) is 11.4 Å². The molecule has 0 radical (unpaired) electrons. The first kappa shape index (κ1) is 15.0. The van der Waals surface area contributed by atoms with Crippen LogP contribution < -0.4 is 4.90 Å². The number of benzene rings is 1. The molecule has 4 nitrogen and oxygen atoms in total. The van der Waals surface area contributed by atoms with Crippen LogP contribution in [0.3, 0.4) is 0 Å². The van der Waals surface area contributed by atoms with Gasteiger partial charge in [-0.1, -0.05) is 35.8 Å². The minimum absolute atomic E-state index is 0.189. The molecule has 0 atom stereocenters. The van der Waals surface area contributed by atoms with Gasteiger partial charge in [-0.3, -0.25) is 10.1 Å². The molecule has 5 heteroatoms. The normalized spacial score (nSPS) is 10.7. The standard InChI is InChI=1S/C13H19BrN2O2/c1-4-15(9-10(2)3)12-6-5-11(8-14)7-13(12)16(17)18/h5-7,10H,4,8-9H2,1-3H3. The molecule has 0 N–H and O–H groups in total. The molecule has 0 aliphatic carbocycles. The van der Waals surface area contributed by atoms with Crippen LogP contribution >= 0.6 is 15.9 Å². The van der Waals surface area contributed by atoms with Crippen molar-refractivity contribution < 1.29 is 4.92 Å². The third kappa shape index (κ3) is 3.70. The van der Waals surface area contributed by atoms with Gasteiger partial charge in [0.1, 0.15) is 5.69 Å². The van der Waals surface area contributed by atoms with E-state index in [0.717, 1.165) is 18.7 Å². The van der Waals surface area contributed by atoms with Gasteiger partial charge < -0.3 is 4.90 Å². The maximum atomic E-state index is 11.2. The smallest absolute Gasteiger partial charge is 0.292 e. The van der Waals surface area contributed by atoms with Gasteiger partial charge >= 0.3 is 0 Å². The fourth-order valence-corrected chi connectivity index (χ4v) is 2.25. The molecule has 0 heterocycles. The molecule has 0 aliphatic heterocycles. The van der Waals surface area contributed by atoms with E-state index < -0.39 is 0 Å². The maximum absolute atomic E-state index is 11.2. The summed E-state index contributed by atoms with van der Waals surface area (Å²) in [5, 5.41) is 11.8. The van der Waals surface area contributed by atoms with Crippen molar-refractivity contribution in [3.05, 3.63) is 33.9 Å². The van der Waals surface area contributed by atoms with E-state index in [2.05, 4.69) is 34.7 Å². The first-order chi connectivity index (χ1) is 8.49. The van der Waals surface area contributed by atoms with Crippen molar-refractivity contribution in [1.82, 2.24) is 0 Å². The van der Waals surface area contributed by atoms with Crippen molar-refractivity contribution in [2.24, 2.45) is 5.92 Å². The van der Waals surface area contributed by atoms with Gasteiger partial charge in [0, 0.05) is 24.5 Å². The molecule has 1 rings (SSSR count). The fraction of sp³-hybridized carbons (Fsp3) is 0.538. The van der Waals surface area contributed by atoms with E-state index in [1.165, 1.54) is 0 Å². The molecule has 0 aliphatic rings. The Kier molecular flexibility index (Phi) is 5.59. The van der Waals surface area contributed by atoms with E-state index in [4.69, 9.17) is 0 Å². The second-order valence-electron chi connectivity index (χ2n) is 4.65. The molecule has 0 aromatic heterocycles. The molecule has 0 unspecified atom stereocenters. The van der Waals surface area contributed by atoms with Crippen LogP contribution in [0.5, 0.6) is 0 Å². The number of nitro benzene ring substituents is 1. The summed E-state index contributed by atoms with van der Waals surface area (Å²) in [6, 6.07) is 5.42. The van der Waals surface area contributed by atoms with E-state index in [0.29, 0.717) is 16.9 Å². The Balaban J connectivity index is 3.16. The molecule has 1 aromatic rings. The van der Waals surface area contributed by atoms with Crippen molar-refractivity contribution in [2.45, 2.75) is 26.1 Å². The molecule has 0 amide bonds. The van der Waals surface area contributed by atoms with Crippen LogP contribution in [-0.4, -0.2) is 18.0 Å². The molecule has 0 saturated heterocycles. The monoisotopic (exact) mass is 314 g/mol. The highest BCUT2D eigenvalue weighted by Crippen LogP contribution is 2.30. The lowest BCUT2D eigenvalue weighted by Crippen LogP contribution is -2.27. The molecule has 0 spiro atoms. The van der Waals surface area contributed by atoms with Gasteiger partial charge in [-0.2, -0.15) is 0 Å². The van der Waals surface area contributed by atoms with Gasteiger partial charge in [0.25, 0.3) is 5.69 Å². The minimum Gasteiger partial charge on any atom is -0.366 e. The molecule has 0 fully saturated rings. The average molecular weight is 315 g/mol. The number of nitro groups is 1. The van der Waals surface area contributed by atoms with Crippen LogP contribution in [0.2, 0.25) is 0 Å². The van der Waals surface area contributed by atoms with Crippen LogP contribution in [-0.2, 0) is 5.33 Å². The van der Waals surface area contributed by atoms with Crippen LogP contribution in [0.25, 0.3) is 0 Å². The van der Waals surface area contributed by atoms with Gasteiger partial charge in [0.05, 0.1) is 4.92 Å².